The van der Waals surface area contributed by atoms with Gasteiger partial charge in [-0.2, -0.15) is 0 Å². The Morgan fingerprint density at radius 2 is 1.61 bits per heavy atom. The van der Waals surface area contributed by atoms with Gasteiger partial charge in [-0.05, 0) is 0 Å². The Hall–Kier alpha value is -1.02. The molecule has 0 aromatic carbocycles. The van der Waals surface area contributed by atoms with Gasteiger partial charge in [-0.15, -0.1) is 0 Å². The molecule has 6 unspecified atom stereocenters. The highest BCUT2D eigenvalue weighted by molar-refractivity contribution is 5.08. The van der Waals surface area contributed by atoms with E-state index in [1.165, 1.54) is 0 Å². The molecule has 1 aliphatic rings. The SMILES string of the molecule is OCCC(O)/C(OC1OC(CO)C(O)C(O)C1O)=C(/O)C(O)O. The van der Waals surface area contributed by atoms with Gasteiger partial charge in [0.2, 0.25) is 12.6 Å². The van der Waals surface area contributed by atoms with Crippen LogP contribution < -0.4 is 0 Å². The van der Waals surface area contributed by atoms with Gasteiger partial charge in [0.1, 0.15) is 30.5 Å². The lowest BCUT2D eigenvalue weighted by atomic mass is 9.99. The molecule has 0 saturated carbocycles. The predicted molar refractivity (Wildman–Crippen MR) is 70.4 cm³/mol. The summed E-state index contributed by atoms with van der Waals surface area (Å²) in [4.78, 5) is 0. The van der Waals surface area contributed by atoms with E-state index in [4.69, 9.17) is 29.9 Å². The quantitative estimate of drug-likeness (QED) is 0.160. The highest BCUT2D eigenvalue weighted by Gasteiger charge is 2.45. The summed E-state index contributed by atoms with van der Waals surface area (Å²) in [6, 6.07) is 0. The minimum atomic E-state index is -2.41. The van der Waals surface area contributed by atoms with E-state index in [0.29, 0.717) is 0 Å². The van der Waals surface area contributed by atoms with Crippen molar-refractivity contribution in [3.63, 3.8) is 0 Å². The lowest BCUT2D eigenvalue weighted by Gasteiger charge is -2.40. The van der Waals surface area contributed by atoms with Crippen LogP contribution in [0.5, 0.6) is 0 Å². The maximum absolute atomic E-state index is 9.80. The highest BCUT2D eigenvalue weighted by atomic mass is 16.7. The van der Waals surface area contributed by atoms with Crippen LogP contribution in [0.1, 0.15) is 6.42 Å². The smallest absolute Gasteiger partial charge is 0.229 e. The van der Waals surface area contributed by atoms with E-state index in [9.17, 15) is 25.5 Å². The van der Waals surface area contributed by atoms with Crippen LogP contribution in [0, 0.1) is 0 Å². The number of aliphatic hydroxyl groups is 9. The zero-order chi connectivity index (χ0) is 17.7. The van der Waals surface area contributed by atoms with E-state index in [2.05, 4.69) is 0 Å². The summed E-state index contributed by atoms with van der Waals surface area (Å²) in [6.45, 7) is -1.25. The molecule has 0 aromatic heterocycles. The van der Waals surface area contributed by atoms with Gasteiger partial charge in [-0.3, -0.25) is 0 Å². The molecule has 136 valence electrons. The molecule has 1 aliphatic heterocycles. The Labute approximate surface area is 130 Å². The molecule has 0 aromatic rings. The number of hydrogen-bond donors (Lipinski definition) is 9. The fraction of sp³-hybridized carbons (Fsp3) is 0.833. The van der Waals surface area contributed by atoms with Crippen molar-refractivity contribution in [1.29, 1.82) is 0 Å². The maximum atomic E-state index is 9.80. The fourth-order valence-electron chi connectivity index (χ4n) is 1.98. The van der Waals surface area contributed by atoms with Crippen LogP contribution in [-0.2, 0) is 9.47 Å². The molecule has 0 bridgehead atoms. The lowest BCUT2D eigenvalue weighted by molar-refractivity contribution is -0.295. The highest BCUT2D eigenvalue weighted by Crippen LogP contribution is 2.26. The Morgan fingerprint density at radius 1 is 1.00 bits per heavy atom. The lowest BCUT2D eigenvalue weighted by Crippen LogP contribution is -2.59. The molecule has 6 atom stereocenters. The van der Waals surface area contributed by atoms with Gasteiger partial charge in [0, 0.05) is 13.0 Å². The molecule has 23 heavy (non-hydrogen) atoms. The van der Waals surface area contributed by atoms with Crippen molar-refractivity contribution in [2.45, 2.75) is 49.5 Å². The van der Waals surface area contributed by atoms with E-state index in [-0.39, 0.29) is 6.42 Å². The Balaban J connectivity index is 3.00. The molecule has 1 rings (SSSR count). The molecular weight excluding hydrogens is 320 g/mol. The number of aliphatic hydroxyl groups excluding tert-OH is 8. The van der Waals surface area contributed by atoms with E-state index in [0.717, 1.165) is 0 Å². The monoisotopic (exact) mass is 342 g/mol. The molecule has 1 heterocycles. The first-order valence-electron chi connectivity index (χ1n) is 6.79. The van der Waals surface area contributed by atoms with Crippen molar-refractivity contribution in [1.82, 2.24) is 0 Å². The fourth-order valence-corrected chi connectivity index (χ4v) is 1.98. The summed E-state index contributed by atoms with van der Waals surface area (Å²) in [6.07, 6.45) is -12.7. The maximum Gasteiger partial charge on any atom is 0.229 e. The molecule has 0 aliphatic carbocycles. The summed E-state index contributed by atoms with van der Waals surface area (Å²) >= 11 is 0. The molecule has 11 nitrogen and oxygen atoms in total. The van der Waals surface area contributed by atoms with E-state index < -0.39 is 67.8 Å². The van der Waals surface area contributed by atoms with Crippen LogP contribution in [-0.4, -0.2) is 102 Å². The van der Waals surface area contributed by atoms with Gasteiger partial charge in [0.25, 0.3) is 0 Å². The number of hydrogen-bond acceptors (Lipinski definition) is 11. The third kappa shape index (κ3) is 4.73. The molecule has 1 saturated heterocycles. The largest absolute Gasteiger partial charge is 0.505 e. The first kappa shape index (κ1) is 20.0. The minimum Gasteiger partial charge on any atom is -0.505 e. The number of ether oxygens (including phenoxy) is 2. The minimum absolute atomic E-state index is 0.344. The van der Waals surface area contributed by atoms with Crippen molar-refractivity contribution in [3.8, 4) is 0 Å². The second-order valence-corrected chi connectivity index (χ2v) is 4.97. The van der Waals surface area contributed by atoms with Crippen LogP contribution in [0.3, 0.4) is 0 Å². The van der Waals surface area contributed by atoms with Crippen LogP contribution in [0.4, 0.5) is 0 Å². The van der Waals surface area contributed by atoms with Crippen molar-refractivity contribution in [3.05, 3.63) is 11.5 Å². The summed E-state index contributed by atoms with van der Waals surface area (Å²) < 4.78 is 9.99. The summed E-state index contributed by atoms with van der Waals surface area (Å²) in [5.41, 5.74) is 0. The van der Waals surface area contributed by atoms with Gasteiger partial charge in [-0.25, -0.2) is 0 Å². The third-order valence-electron chi connectivity index (χ3n) is 3.29. The van der Waals surface area contributed by atoms with E-state index in [1.54, 1.807) is 0 Å². The Kier molecular flexibility index (Phi) is 7.60. The molecule has 0 amide bonds. The third-order valence-corrected chi connectivity index (χ3v) is 3.29. The van der Waals surface area contributed by atoms with Gasteiger partial charge in [-0.1, -0.05) is 0 Å². The van der Waals surface area contributed by atoms with Gasteiger partial charge < -0.3 is 55.4 Å². The normalized spacial score (nSPS) is 34.2. The average Bonchev–Trinajstić information content (AvgIpc) is 2.51. The second-order valence-electron chi connectivity index (χ2n) is 4.97. The molecular formula is C12H22O11. The van der Waals surface area contributed by atoms with Crippen LogP contribution in [0.25, 0.3) is 0 Å². The number of rotatable bonds is 7. The molecule has 0 radical (unpaired) electrons. The standard InChI is InChI=1S/C12H22O11/c13-2-1-4(15)10(9(19)11(20)21)23-12-8(18)7(17)6(16)5(3-14)22-12/h4-8,11-21H,1-3H2/b10-9-. The van der Waals surface area contributed by atoms with Crippen molar-refractivity contribution >= 4 is 0 Å². The zero-order valence-corrected chi connectivity index (χ0v) is 12.0. The van der Waals surface area contributed by atoms with Crippen LogP contribution in [0.15, 0.2) is 11.5 Å². The van der Waals surface area contributed by atoms with Crippen molar-refractivity contribution in [2.75, 3.05) is 13.2 Å². The first-order valence-corrected chi connectivity index (χ1v) is 6.79. The zero-order valence-electron chi connectivity index (χ0n) is 12.0. The Bertz CT molecular complexity index is 396. The van der Waals surface area contributed by atoms with Gasteiger partial charge in [0.15, 0.2) is 11.5 Å². The molecule has 1 fully saturated rings. The van der Waals surface area contributed by atoms with Crippen LogP contribution >= 0.6 is 0 Å². The Morgan fingerprint density at radius 3 is 2.09 bits per heavy atom. The molecule has 9 N–H and O–H groups in total. The van der Waals surface area contributed by atoms with Crippen molar-refractivity contribution < 1.29 is 55.4 Å². The second kappa shape index (κ2) is 8.73. The van der Waals surface area contributed by atoms with E-state index >= 15 is 0 Å². The van der Waals surface area contributed by atoms with Crippen molar-refractivity contribution in [2.24, 2.45) is 0 Å². The predicted octanol–water partition coefficient (Wildman–Crippen LogP) is -4.37. The molecule has 11 heteroatoms. The average molecular weight is 342 g/mol. The summed E-state index contributed by atoms with van der Waals surface area (Å²) in [5.74, 6) is -2.00. The van der Waals surface area contributed by atoms with Gasteiger partial charge in [0.05, 0.1) is 6.61 Å². The summed E-state index contributed by atoms with van der Waals surface area (Å²) in [7, 11) is 0. The topological polar surface area (TPSA) is 201 Å². The van der Waals surface area contributed by atoms with Crippen LogP contribution in [0.2, 0.25) is 0 Å². The molecule has 0 spiro atoms. The summed E-state index contributed by atoms with van der Waals surface area (Å²) in [5, 5.41) is 84.1. The van der Waals surface area contributed by atoms with E-state index in [1.807, 2.05) is 0 Å². The van der Waals surface area contributed by atoms with Gasteiger partial charge >= 0.3 is 0 Å². The first-order chi connectivity index (χ1) is 10.7.